The molecule has 8 heteroatoms. The summed E-state index contributed by atoms with van der Waals surface area (Å²) in [5, 5.41) is 6.39. The number of pyridine rings is 1. The van der Waals surface area contributed by atoms with Gasteiger partial charge < -0.3 is 20.1 Å². The first-order valence-electron chi connectivity index (χ1n) is 8.96. The standard InChI is InChI=1S/C20H27FN4O2.HI/c1-4-22-20(24-12-16-6-5-15(2)18(21)11-16)25-14-17-7-8-19(23-13-17)27-10-9-26-3;/h5-8,11,13H,4,9-10,12,14H2,1-3H3,(H2,22,24,25);1H. The van der Waals surface area contributed by atoms with Crippen molar-refractivity contribution in [1.29, 1.82) is 0 Å². The lowest BCUT2D eigenvalue weighted by Gasteiger charge is -2.12. The predicted molar refractivity (Wildman–Crippen MR) is 120 cm³/mol. The second-order valence-corrected chi connectivity index (χ2v) is 5.98. The molecular formula is C20H28FIN4O2. The topological polar surface area (TPSA) is 67.8 Å². The van der Waals surface area contributed by atoms with E-state index < -0.39 is 0 Å². The summed E-state index contributed by atoms with van der Waals surface area (Å²) in [6.07, 6.45) is 1.74. The summed E-state index contributed by atoms with van der Waals surface area (Å²) in [6.45, 7) is 6.44. The fourth-order valence-electron chi connectivity index (χ4n) is 2.26. The van der Waals surface area contributed by atoms with E-state index in [0.29, 0.717) is 43.7 Å². The molecular weight excluding hydrogens is 474 g/mol. The number of aromatic nitrogens is 1. The van der Waals surface area contributed by atoms with Crippen LogP contribution in [-0.4, -0.2) is 37.8 Å². The van der Waals surface area contributed by atoms with Crippen molar-refractivity contribution in [3.05, 3.63) is 59.0 Å². The molecule has 0 saturated carbocycles. The van der Waals surface area contributed by atoms with Gasteiger partial charge in [0.25, 0.3) is 0 Å². The van der Waals surface area contributed by atoms with Crippen molar-refractivity contribution in [2.24, 2.45) is 4.99 Å². The molecule has 0 aliphatic rings. The number of aliphatic imine (C=N–C) groups is 1. The molecule has 0 saturated heterocycles. The van der Waals surface area contributed by atoms with Gasteiger partial charge in [-0.2, -0.15) is 0 Å². The summed E-state index contributed by atoms with van der Waals surface area (Å²) >= 11 is 0. The molecule has 0 fully saturated rings. The molecule has 28 heavy (non-hydrogen) atoms. The van der Waals surface area contributed by atoms with Crippen LogP contribution in [0.3, 0.4) is 0 Å². The van der Waals surface area contributed by atoms with Crippen LogP contribution in [0.4, 0.5) is 4.39 Å². The van der Waals surface area contributed by atoms with Crippen molar-refractivity contribution < 1.29 is 13.9 Å². The highest BCUT2D eigenvalue weighted by molar-refractivity contribution is 14.0. The predicted octanol–water partition coefficient (Wildman–Crippen LogP) is 3.43. The molecule has 2 N–H and O–H groups in total. The normalized spacial score (nSPS) is 10.9. The minimum absolute atomic E-state index is 0. The van der Waals surface area contributed by atoms with Crippen LogP contribution in [0.1, 0.15) is 23.6 Å². The lowest BCUT2D eigenvalue weighted by Crippen LogP contribution is -2.36. The van der Waals surface area contributed by atoms with Gasteiger partial charge in [0.1, 0.15) is 12.4 Å². The molecule has 0 radical (unpaired) electrons. The zero-order valence-electron chi connectivity index (χ0n) is 16.5. The fourth-order valence-corrected chi connectivity index (χ4v) is 2.26. The van der Waals surface area contributed by atoms with E-state index in [-0.39, 0.29) is 29.8 Å². The maximum Gasteiger partial charge on any atom is 0.213 e. The van der Waals surface area contributed by atoms with Gasteiger partial charge in [0, 0.05) is 32.5 Å². The first-order valence-corrected chi connectivity index (χ1v) is 8.96. The van der Waals surface area contributed by atoms with E-state index in [0.717, 1.165) is 17.7 Å². The Bertz CT molecular complexity index is 741. The van der Waals surface area contributed by atoms with E-state index in [1.807, 2.05) is 25.1 Å². The maximum absolute atomic E-state index is 13.7. The third-order valence-corrected chi connectivity index (χ3v) is 3.80. The summed E-state index contributed by atoms with van der Waals surface area (Å²) < 4.78 is 24.0. The van der Waals surface area contributed by atoms with Crippen LogP contribution in [0.2, 0.25) is 0 Å². The SMILES string of the molecule is CCNC(=NCc1ccc(OCCOC)nc1)NCc1ccc(C)c(F)c1.I. The van der Waals surface area contributed by atoms with Gasteiger partial charge in [-0.3, -0.25) is 0 Å². The number of ether oxygens (including phenoxy) is 2. The van der Waals surface area contributed by atoms with E-state index in [2.05, 4.69) is 20.6 Å². The molecule has 6 nitrogen and oxygen atoms in total. The van der Waals surface area contributed by atoms with Gasteiger partial charge in [-0.05, 0) is 36.6 Å². The summed E-state index contributed by atoms with van der Waals surface area (Å²) in [6, 6.07) is 8.96. The van der Waals surface area contributed by atoms with Gasteiger partial charge >= 0.3 is 0 Å². The molecule has 154 valence electrons. The van der Waals surface area contributed by atoms with Crippen molar-refractivity contribution in [2.45, 2.75) is 26.9 Å². The molecule has 1 aromatic heterocycles. The minimum Gasteiger partial charge on any atom is -0.475 e. The van der Waals surface area contributed by atoms with Crippen molar-refractivity contribution in [2.75, 3.05) is 26.9 Å². The Morgan fingerprint density at radius 3 is 2.57 bits per heavy atom. The van der Waals surface area contributed by atoms with Gasteiger partial charge in [-0.25, -0.2) is 14.4 Å². The van der Waals surface area contributed by atoms with Gasteiger partial charge in [0.2, 0.25) is 5.88 Å². The van der Waals surface area contributed by atoms with Crippen molar-refractivity contribution in [3.8, 4) is 5.88 Å². The summed E-state index contributed by atoms with van der Waals surface area (Å²) in [7, 11) is 1.63. The van der Waals surface area contributed by atoms with Crippen LogP contribution in [0, 0.1) is 12.7 Å². The maximum atomic E-state index is 13.7. The lowest BCUT2D eigenvalue weighted by molar-refractivity contribution is 0.143. The quantitative estimate of drug-likeness (QED) is 0.238. The van der Waals surface area contributed by atoms with Gasteiger partial charge in [0.15, 0.2) is 5.96 Å². The van der Waals surface area contributed by atoms with Crippen LogP contribution in [-0.2, 0) is 17.8 Å². The first kappa shape index (κ1) is 24.1. The number of methoxy groups -OCH3 is 1. The van der Waals surface area contributed by atoms with Crippen molar-refractivity contribution in [3.63, 3.8) is 0 Å². The van der Waals surface area contributed by atoms with Crippen LogP contribution < -0.4 is 15.4 Å². The number of aryl methyl sites for hydroxylation is 1. The average molecular weight is 502 g/mol. The van der Waals surface area contributed by atoms with Gasteiger partial charge in [-0.15, -0.1) is 24.0 Å². The second kappa shape index (κ2) is 13.3. The Balaban J connectivity index is 0.00000392. The summed E-state index contributed by atoms with van der Waals surface area (Å²) in [5.41, 5.74) is 2.47. The number of halogens is 2. The number of hydrogen-bond donors (Lipinski definition) is 2. The largest absolute Gasteiger partial charge is 0.475 e. The second-order valence-electron chi connectivity index (χ2n) is 5.98. The van der Waals surface area contributed by atoms with Crippen LogP contribution in [0.5, 0.6) is 5.88 Å². The third-order valence-electron chi connectivity index (χ3n) is 3.80. The van der Waals surface area contributed by atoms with E-state index in [1.54, 1.807) is 26.3 Å². The number of benzene rings is 1. The molecule has 0 aliphatic carbocycles. The van der Waals surface area contributed by atoms with Crippen LogP contribution in [0.25, 0.3) is 0 Å². The van der Waals surface area contributed by atoms with E-state index in [9.17, 15) is 4.39 Å². The van der Waals surface area contributed by atoms with E-state index in [1.165, 1.54) is 6.07 Å². The molecule has 1 aromatic carbocycles. The highest BCUT2D eigenvalue weighted by Crippen LogP contribution is 2.10. The molecule has 0 spiro atoms. The number of rotatable bonds is 9. The Hall–Kier alpha value is -1.94. The molecule has 2 rings (SSSR count). The minimum atomic E-state index is -0.199. The Morgan fingerprint density at radius 2 is 1.93 bits per heavy atom. The summed E-state index contributed by atoms with van der Waals surface area (Å²) in [5.74, 6) is 1.03. The third kappa shape index (κ3) is 8.39. The Labute approximate surface area is 183 Å². The summed E-state index contributed by atoms with van der Waals surface area (Å²) in [4.78, 5) is 8.80. The highest BCUT2D eigenvalue weighted by atomic mass is 127. The number of nitrogens with zero attached hydrogens (tertiary/aromatic N) is 2. The van der Waals surface area contributed by atoms with Crippen LogP contribution >= 0.6 is 24.0 Å². The zero-order chi connectivity index (χ0) is 19.5. The van der Waals surface area contributed by atoms with E-state index >= 15 is 0 Å². The fraction of sp³-hybridized carbons (Fsp3) is 0.400. The number of guanidine groups is 1. The molecule has 2 aromatic rings. The zero-order valence-corrected chi connectivity index (χ0v) is 18.8. The average Bonchev–Trinajstić information content (AvgIpc) is 2.68. The molecule has 1 heterocycles. The van der Waals surface area contributed by atoms with Crippen molar-refractivity contribution in [1.82, 2.24) is 15.6 Å². The number of hydrogen-bond acceptors (Lipinski definition) is 4. The van der Waals surface area contributed by atoms with E-state index in [4.69, 9.17) is 9.47 Å². The molecule has 0 unspecified atom stereocenters. The molecule has 0 bridgehead atoms. The Morgan fingerprint density at radius 1 is 1.14 bits per heavy atom. The van der Waals surface area contributed by atoms with Crippen LogP contribution in [0.15, 0.2) is 41.5 Å². The highest BCUT2D eigenvalue weighted by Gasteiger charge is 2.02. The molecule has 0 atom stereocenters. The Kier molecular flexibility index (Phi) is 11.4. The van der Waals surface area contributed by atoms with Gasteiger partial charge in [0.05, 0.1) is 13.2 Å². The molecule has 0 aliphatic heterocycles. The lowest BCUT2D eigenvalue weighted by atomic mass is 10.1. The number of nitrogens with one attached hydrogen (secondary N) is 2. The molecule has 0 amide bonds. The monoisotopic (exact) mass is 502 g/mol. The first-order chi connectivity index (χ1) is 13.1. The van der Waals surface area contributed by atoms with Gasteiger partial charge in [-0.1, -0.05) is 18.2 Å². The van der Waals surface area contributed by atoms with Crippen molar-refractivity contribution >= 4 is 29.9 Å². The smallest absolute Gasteiger partial charge is 0.213 e.